The zero-order valence-electron chi connectivity index (χ0n) is 18.6. The predicted octanol–water partition coefficient (Wildman–Crippen LogP) is 3.43. The van der Waals surface area contributed by atoms with Crippen LogP contribution >= 0.6 is 0 Å². The Morgan fingerprint density at radius 2 is 1.71 bits per heavy atom. The van der Waals surface area contributed by atoms with Crippen molar-refractivity contribution in [2.24, 2.45) is 0 Å². The van der Waals surface area contributed by atoms with Crippen LogP contribution in [-0.2, 0) is 17.8 Å². The number of benzene rings is 1. The van der Waals surface area contributed by atoms with Gasteiger partial charge < -0.3 is 14.2 Å². The molecule has 1 fully saturated rings. The number of carbonyl (C=O) groups is 2. The van der Waals surface area contributed by atoms with Crippen molar-refractivity contribution in [2.75, 3.05) is 19.6 Å². The van der Waals surface area contributed by atoms with Gasteiger partial charge in [-0.2, -0.15) is 0 Å². The van der Waals surface area contributed by atoms with Crippen LogP contribution in [0.4, 0.5) is 4.79 Å². The Balaban J connectivity index is 1.64. The van der Waals surface area contributed by atoms with E-state index in [0.29, 0.717) is 18.8 Å². The highest BCUT2D eigenvalue weighted by Gasteiger charge is 2.32. The van der Waals surface area contributed by atoms with Gasteiger partial charge in [0.15, 0.2) is 5.69 Å². The SMILES string of the molecule is CC(C)(C)OC(=O)N1CCn2c(-c3ccccc3)nc(C(=O)NN3CCCCC3)c2C1. The van der Waals surface area contributed by atoms with Crippen LogP contribution < -0.4 is 5.43 Å². The first-order valence-electron chi connectivity index (χ1n) is 11.0. The lowest BCUT2D eigenvalue weighted by Gasteiger charge is -2.31. The van der Waals surface area contributed by atoms with Crippen LogP contribution in [0, 0.1) is 0 Å². The fourth-order valence-corrected chi connectivity index (χ4v) is 4.04. The van der Waals surface area contributed by atoms with Crippen LogP contribution in [0.2, 0.25) is 0 Å². The normalized spacial score (nSPS) is 17.2. The number of ether oxygens (including phenoxy) is 1. The van der Waals surface area contributed by atoms with E-state index in [0.717, 1.165) is 43.0 Å². The summed E-state index contributed by atoms with van der Waals surface area (Å²) in [5.74, 6) is 0.530. The molecule has 166 valence electrons. The summed E-state index contributed by atoms with van der Waals surface area (Å²) in [5.41, 5.74) is 4.51. The number of carbonyl (C=O) groups excluding carboxylic acids is 2. The van der Waals surface area contributed by atoms with Gasteiger partial charge >= 0.3 is 6.09 Å². The van der Waals surface area contributed by atoms with Crippen LogP contribution in [0.25, 0.3) is 11.4 Å². The average molecular weight is 426 g/mol. The van der Waals surface area contributed by atoms with Gasteiger partial charge in [0, 0.05) is 31.7 Å². The van der Waals surface area contributed by atoms with E-state index in [1.807, 2.05) is 56.1 Å². The lowest BCUT2D eigenvalue weighted by Crippen LogP contribution is -2.46. The minimum atomic E-state index is -0.571. The number of amides is 2. The van der Waals surface area contributed by atoms with Gasteiger partial charge in [-0.3, -0.25) is 10.2 Å². The van der Waals surface area contributed by atoms with Gasteiger partial charge in [-0.05, 0) is 33.6 Å². The van der Waals surface area contributed by atoms with Gasteiger partial charge in [0.25, 0.3) is 5.91 Å². The number of hydrogen-bond acceptors (Lipinski definition) is 5. The summed E-state index contributed by atoms with van der Waals surface area (Å²) in [6, 6.07) is 9.85. The summed E-state index contributed by atoms with van der Waals surface area (Å²) in [6.07, 6.45) is 2.96. The highest BCUT2D eigenvalue weighted by Crippen LogP contribution is 2.27. The van der Waals surface area contributed by atoms with Crippen molar-refractivity contribution < 1.29 is 14.3 Å². The van der Waals surface area contributed by atoms with Crippen LogP contribution in [0.1, 0.15) is 56.2 Å². The third-order valence-electron chi connectivity index (χ3n) is 5.52. The Hall–Kier alpha value is -2.87. The quantitative estimate of drug-likeness (QED) is 0.815. The number of piperidine rings is 1. The van der Waals surface area contributed by atoms with Crippen LogP contribution in [0.15, 0.2) is 30.3 Å². The lowest BCUT2D eigenvalue weighted by atomic mass is 10.2. The summed E-state index contributed by atoms with van der Waals surface area (Å²) >= 11 is 0. The zero-order valence-corrected chi connectivity index (χ0v) is 18.6. The second-order valence-electron chi connectivity index (χ2n) is 9.14. The molecule has 2 aliphatic rings. The Labute approximate surface area is 183 Å². The smallest absolute Gasteiger partial charge is 0.410 e. The van der Waals surface area contributed by atoms with E-state index >= 15 is 0 Å². The maximum Gasteiger partial charge on any atom is 0.410 e. The van der Waals surface area contributed by atoms with Gasteiger partial charge in [-0.25, -0.2) is 14.8 Å². The molecule has 4 rings (SSSR count). The lowest BCUT2D eigenvalue weighted by molar-refractivity contribution is 0.0197. The standard InChI is InChI=1S/C23H31N5O3/c1-23(2,3)31-22(30)26-14-15-28-18(16-26)19(21(29)25-27-12-8-5-9-13-27)24-20(28)17-10-6-4-7-11-17/h4,6-7,10-11H,5,8-9,12-16H2,1-3H3,(H,25,29). The number of rotatable bonds is 3. The maximum atomic E-state index is 13.2. The molecule has 0 aliphatic carbocycles. The summed E-state index contributed by atoms with van der Waals surface area (Å²) in [6.45, 7) is 8.60. The molecular weight excluding hydrogens is 394 g/mol. The molecule has 1 aromatic heterocycles. The van der Waals surface area contributed by atoms with Crippen molar-refractivity contribution in [3.8, 4) is 11.4 Å². The van der Waals surface area contributed by atoms with Gasteiger partial charge in [0.2, 0.25) is 0 Å². The van der Waals surface area contributed by atoms with Gasteiger partial charge in [-0.1, -0.05) is 36.8 Å². The third-order valence-corrected chi connectivity index (χ3v) is 5.52. The van der Waals surface area contributed by atoms with Gasteiger partial charge in [0.05, 0.1) is 12.2 Å². The molecule has 0 radical (unpaired) electrons. The second kappa shape index (κ2) is 8.70. The largest absolute Gasteiger partial charge is 0.444 e. The van der Waals surface area contributed by atoms with Gasteiger partial charge in [0.1, 0.15) is 11.4 Å². The van der Waals surface area contributed by atoms with Crippen molar-refractivity contribution in [1.82, 2.24) is 24.9 Å². The number of aromatic nitrogens is 2. The Bertz CT molecular complexity index is 942. The topological polar surface area (TPSA) is 79.7 Å². The fourth-order valence-electron chi connectivity index (χ4n) is 4.04. The number of fused-ring (bicyclic) bond motifs is 1. The van der Waals surface area contributed by atoms with E-state index < -0.39 is 5.60 Å². The first-order chi connectivity index (χ1) is 14.8. The molecular formula is C23H31N5O3. The first kappa shape index (κ1) is 21.4. The molecule has 1 saturated heterocycles. The first-order valence-corrected chi connectivity index (χ1v) is 11.0. The zero-order chi connectivity index (χ0) is 22.0. The number of imidazole rings is 1. The summed E-state index contributed by atoms with van der Waals surface area (Å²) in [7, 11) is 0. The van der Waals surface area contributed by atoms with Crippen molar-refractivity contribution in [3.05, 3.63) is 41.7 Å². The number of hydrogen-bond donors (Lipinski definition) is 1. The molecule has 0 spiro atoms. The molecule has 2 aromatic rings. The molecule has 0 unspecified atom stereocenters. The molecule has 31 heavy (non-hydrogen) atoms. The number of nitrogens with zero attached hydrogens (tertiary/aromatic N) is 4. The molecule has 0 bridgehead atoms. The van der Waals surface area contributed by atoms with Crippen LogP contribution in [0.5, 0.6) is 0 Å². The third kappa shape index (κ3) is 4.90. The van der Waals surface area contributed by atoms with Crippen molar-refractivity contribution in [1.29, 1.82) is 0 Å². The molecule has 2 aliphatic heterocycles. The highest BCUT2D eigenvalue weighted by atomic mass is 16.6. The monoisotopic (exact) mass is 425 g/mol. The second-order valence-corrected chi connectivity index (χ2v) is 9.14. The summed E-state index contributed by atoms with van der Waals surface area (Å²) in [4.78, 5) is 32.2. The number of nitrogens with one attached hydrogen (secondary N) is 1. The molecule has 1 aromatic carbocycles. The maximum absolute atomic E-state index is 13.2. The Morgan fingerprint density at radius 3 is 2.39 bits per heavy atom. The van der Waals surface area contributed by atoms with Crippen LogP contribution in [-0.4, -0.2) is 56.7 Å². The van der Waals surface area contributed by atoms with Gasteiger partial charge in [-0.15, -0.1) is 0 Å². The van der Waals surface area contributed by atoms with Crippen molar-refractivity contribution in [2.45, 2.75) is 58.7 Å². The fraction of sp³-hybridized carbons (Fsp3) is 0.522. The number of hydrazine groups is 1. The Morgan fingerprint density at radius 1 is 1.00 bits per heavy atom. The van der Waals surface area contributed by atoms with Crippen molar-refractivity contribution >= 4 is 12.0 Å². The predicted molar refractivity (Wildman–Crippen MR) is 117 cm³/mol. The molecule has 8 nitrogen and oxygen atoms in total. The minimum absolute atomic E-state index is 0.223. The summed E-state index contributed by atoms with van der Waals surface area (Å²) < 4.78 is 7.61. The van der Waals surface area contributed by atoms with E-state index in [9.17, 15) is 9.59 Å². The molecule has 3 heterocycles. The summed E-state index contributed by atoms with van der Waals surface area (Å²) in [5, 5.41) is 1.97. The van der Waals surface area contributed by atoms with E-state index in [4.69, 9.17) is 9.72 Å². The molecule has 2 amide bonds. The Kier molecular flexibility index (Phi) is 6.00. The molecule has 0 saturated carbocycles. The minimum Gasteiger partial charge on any atom is -0.444 e. The van der Waals surface area contributed by atoms with E-state index in [1.54, 1.807) is 4.90 Å². The highest BCUT2D eigenvalue weighted by molar-refractivity contribution is 5.94. The van der Waals surface area contributed by atoms with Crippen molar-refractivity contribution in [3.63, 3.8) is 0 Å². The van der Waals surface area contributed by atoms with Crippen LogP contribution in [0.3, 0.4) is 0 Å². The molecule has 0 atom stereocenters. The van der Waals surface area contributed by atoms with E-state index in [-0.39, 0.29) is 18.5 Å². The molecule has 8 heteroatoms. The van der Waals surface area contributed by atoms with E-state index in [2.05, 4.69) is 9.99 Å². The van der Waals surface area contributed by atoms with E-state index in [1.165, 1.54) is 6.42 Å². The average Bonchev–Trinajstić information content (AvgIpc) is 3.13. The molecule has 1 N–H and O–H groups in total.